The molecule has 0 aliphatic heterocycles. The summed E-state index contributed by atoms with van der Waals surface area (Å²) in [6.45, 7) is 9.20. The number of hydrogen-bond donors (Lipinski definition) is 4. The molecule has 0 amide bonds. The Morgan fingerprint density at radius 2 is 1.76 bits per heavy atom. The summed E-state index contributed by atoms with van der Waals surface area (Å²) in [5.41, 5.74) is -5.38. The van der Waals surface area contributed by atoms with Crippen LogP contribution in [0.25, 0.3) is 0 Å². The van der Waals surface area contributed by atoms with Crippen molar-refractivity contribution in [3.8, 4) is 0 Å². The maximum absolute atomic E-state index is 12.9. The van der Waals surface area contributed by atoms with Gasteiger partial charge >= 0.3 is 5.97 Å². The third kappa shape index (κ3) is 2.71. The molecule has 0 bridgehead atoms. The van der Waals surface area contributed by atoms with Gasteiger partial charge in [-0.15, -0.1) is 0 Å². The first-order chi connectivity index (χ1) is 13.2. The molecule has 7 atom stereocenters. The van der Waals surface area contributed by atoms with Gasteiger partial charge in [-0.2, -0.15) is 0 Å². The Bertz CT molecular complexity index is 808. The summed E-state index contributed by atoms with van der Waals surface area (Å²) in [4.78, 5) is 24.7. The Morgan fingerprint density at radius 1 is 1.17 bits per heavy atom. The number of Topliss-reactive ketones (excluding diaryl/α,β-unsaturated/α-hetero) is 1. The number of carbonyl (C=O) groups is 2. The highest BCUT2D eigenvalue weighted by molar-refractivity contribution is 6.04. The number of rotatable bonds is 2. The van der Waals surface area contributed by atoms with Gasteiger partial charge < -0.3 is 25.2 Å². The van der Waals surface area contributed by atoms with Gasteiger partial charge in [-0.05, 0) is 25.0 Å². The van der Waals surface area contributed by atoms with Crippen LogP contribution in [0.5, 0.6) is 0 Å². The molecule has 7 heteroatoms. The summed E-state index contributed by atoms with van der Waals surface area (Å²) in [7, 11) is 0. The van der Waals surface area contributed by atoms with Gasteiger partial charge in [0.25, 0.3) is 0 Å². The van der Waals surface area contributed by atoms with E-state index in [1.165, 1.54) is 6.92 Å². The smallest absolute Gasteiger partial charge is 0.303 e. The average molecular weight is 408 g/mol. The SMILES string of the molecule is CC(=O)O[C@@H]1[C@@H](C)[C@@]2(O)[C@@H](C=C(CO)C[C@]3(O)C(=O)C(C)=C[C@@H]23)C(C)(C)[C@]1(C)O. The Kier molecular flexibility index (Phi) is 4.95. The van der Waals surface area contributed by atoms with E-state index in [0.717, 1.165) is 0 Å². The molecule has 162 valence electrons. The van der Waals surface area contributed by atoms with Crippen LogP contribution < -0.4 is 0 Å². The Labute approximate surface area is 171 Å². The van der Waals surface area contributed by atoms with Crippen molar-refractivity contribution >= 4 is 11.8 Å². The molecular weight excluding hydrogens is 376 g/mol. The molecule has 0 aromatic heterocycles. The fourth-order valence-corrected chi connectivity index (χ4v) is 5.89. The Balaban J connectivity index is 2.31. The van der Waals surface area contributed by atoms with E-state index < -0.39 is 57.8 Å². The maximum atomic E-state index is 12.9. The molecule has 3 aliphatic rings. The van der Waals surface area contributed by atoms with E-state index in [0.29, 0.717) is 11.1 Å². The molecule has 0 unspecified atom stereocenters. The minimum Gasteiger partial charge on any atom is -0.459 e. The van der Waals surface area contributed by atoms with Gasteiger partial charge in [0.1, 0.15) is 17.3 Å². The highest BCUT2D eigenvalue weighted by Crippen LogP contribution is 2.62. The van der Waals surface area contributed by atoms with Crippen molar-refractivity contribution in [3.05, 3.63) is 23.3 Å². The summed E-state index contributed by atoms with van der Waals surface area (Å²) < 4.78 is 5.49. The number of aliphatic hydroxyl groups is 4. The molecule has 29 heavy (non-hydrogen) atoms. The third-order valence-electron chi connectivity index (χ3n) is 7.89. The zero-order valence-corrected chi connectivity index (χ0v) is 17.9. The van der Waals surface area contributed by atoms with Gasteiger partial charge in [0, 0.05) is 36.5 Å². The predicted molar refractivity (Wildman–Crippen MR) is 105 cm³/mol. The highest BCUT2D eigenvalue weighted by Gasteiger charge is 2.72. The van der Waals surface area contributed by atoms with Crippen LogP contribution in [0, 0.1) is 23.2 Å². The standard InChI is InChI=1S/C22H32O7/c1-11-7-16-21(27,17(11)25)9-14(10-23)8-15-19(4,5)20(6,26)18(29-13(3)24)12(2)22(15,16)28/h7-8,12,15-16,18,23,26-28H,9-10H2,1-6H3/t12-,15+,16-,18-,20-,21-,22-/m1/s1. The lowest BCUT2D eigenvalue weighted by Crippen LogP contribution is -2.74. The topological polar surface area (TPSA) is 124 Å². The number of fused-ring (bicyclic) bond motifs is 3. The Morgan fingerprint density at radius 3 is 2.28 bits per heavy atom. The van der Waals surface area contributed by atoms with E-state index in [1.807, 2.05) is 0 Å². The van der Waals surface area contributed by atoms with E-state index in [1.54, 1.807) is 46.8 Å². The number of esters is 1. The number of ketones is 1. The minimum absolute atomic E-state index is 0.108. The van der Waals surface area contributed by atoms with Crippen LogP contribution in [0.2, 0.25) is 0 Å². The monoisotopic (exact) mass is 408 g/mol. The second-order valence-corrected chi connectivity index (χ2v) is 9.79. The second kappa shape index (κ2) is 6.48. The number of carbonyl (C=O) groups excluding carboxylic acids is 2. The van der Waals surface area contributed by atoms with E-state index >= 15 is 0 Å². The van der Waals surface area contributed by atoms with Gasteiger partial charge in [0.15, 0.2) is 5.78 Å². The fourth-order valence-electron chi connectivity index (χ4n) is 5.89. The van der Waals surface area contributed by atoms with E-state index in [9.17, 15) is 30.0 Å². The van der Waals surface area contributed by atoms with Crippen LogP contribution in [-0.2, 0) is 14.3 Å². The second-order valence-electron chi connectivity index (χ2n) is 9.79. The van der Waals surface area contributed by atoms with Crippen molar-refractivity contribution in [1.82, 2.24) is 0 Å². The molecule has 1 saturated carbocycles. The maximum Gasteiger partial charge on any atom is 0.303 e. The normalized spacial score (nSPS) is 46.2. The van der Waals surface area contributed by atoms with Crippen molar-refractivity contribution in [2.45, 2.75) is 70.9 Å². The first-order valence-electron chi connectivity index (χ1n) is 10.0. The average Bonchev–Trinajstić information content (AvgIpc) is 2.78. The molecule has 1 fully saturated rings. The largest absolute Gasteiger partial charge is 0.459 e. The third-order valence-corrected chi connectivity index (χ3v) is 7.89. The number of hydrogen-bond acceptors (Lipinski definition) is 7. The molecule has 0 saturated heterocycles. The summed E-state index contributed by atoms with van der Waals surface area (Å²) in [6, 6.07) is 0. The quantitative estimate of drug-likeness (QED) is 0.395. The van der Waals surface area contributed by atoms with E-state index in [2.05, 4.69) is 0 Å². The van der Waals surface area contributed by atoms with Crippen LogP contribution in [0.15, 0.2) is 23.3 Å². The van der Waals surface area contributed by atoms with Crippen LogP contribution in [0.1, 0.15) is 48.0 Å². The van der Waals surface area contributed by atoms with Gasteiger partial charge in [0.2, 0.25) is 0 Å². The molecular formula is C22H32O7. The molecule has 0 spiro atoms. The van der Waals surface area contributed by atoms with Crippen LogP contribution >= 0.6 is 0 Å². The molecule has 4 N–H and O–H groups in total. The van der Waals surface area contributed by atoms with Crippen molar-refractivity contribution in [2.75, 3.05) is 6.61 Å². The number of ether oxygens (including phenoxy) is 1. The van der Waals surface area contributed by atoms with Crippen LogP contribution in [0.4, 0.5) is 0 Å². The van der Waals surface area contributed by atoms with Gasteiger partial charge in [0.05, 0.1) is 12.2 Å². The lowest BCUT2D eigenvalue weighted by molar-refractivity contribution is -0.284. The van der Waals surface area contributed by atoms with Crippen molar-refractivity contribution in [2.24, 2.45) is 23.2 Å². The van der Waals surface area contributed by atoms with Crippen molar-refractivity contribution in [1.29, 1.82) is 0 Å². The summed E-state index contributed by atoms with van der Waals surface area (Å²) >= 11 is 0. The molecule has 0 radical (unpaired) electrons. The Hall–Kier alpha value is -1.54. The zero-order chi connectivity index (χ0) is 22.2. The lowest BCUT2D eigenvalue weighted by atomic mass is 9.47. The van der Waals surface area contributed by atoms with Gasteiger partial charge in [-0.25, -0.2) is 0 Å². The van der Waals surface area contributed by atoms with Gasteiger partial charge in [-0.3, -0.25) is 9.59 Å². The summed E-state index contributed by atoms with van der Waals surface area (Å²) in [5, 5.41) is 45.0. The summed E-state index contributed by atoms with van der Waals surface area (Å²) in [6.07, 6.45) is 2.10. The predicted octanol–water partition coefficient (Wildman–Crippen LogP) is 0.891. The van der Waals surface area contributed by atoms with E-state index in [4.69, 9.17) is 4.74 Å². The van der Waals surface area contributed by atoms with Crippen molar-refractivity contribution in [3.63, 3.8) is 0 Å². The molecule has 0 heterocycles. The van der Waals surface area contributed by atoms with Crippen molar-refractivity contribution < 1.29 is 34.8 Å². The molecule has 7 nitrogen and oxygen atoms in total. The molecule has 0 aromatic carbocycles. The molecule has 3 aliphatic carbocycles. The molecule has 0 aromatic rings. The number of aliphatic hydroxyl groups excluding tert-OH is 1. The minimum atomic E-state index is -1.91. The first-order valence-corrected chi connectivity index (χ1v) is 10.0. The first kappa shape index (κ1) is 22.2. The van der Waals surface area contributed by atoms with Crippen LogP contribution in [-0.4, -0.2) is 61.7 Å². The fraction of sp³-hybridized carbons (Fsp3) is 0.727. The van der Waals surface area contributed by atoms with Gasteiger partial charge in [-0.1, -0.05) is 32.9 Å². The van der Waals surface area contributed by atoms with Crippen LogP contribution in [0.3, 0.4) is 0 Å². The lowest BCUT2D eigenvalue weighted by Gasteiger charge is -2.63. The van der Waals surface area contributed by atoms with E-state index in [-0.39, 0.29) is 13.0 Å². The zero-order valence-electron chi connectivity index (χ0n) is 17.9. The highest BCUT2D eigenvalue weighted by atomic mass is 16.6. The molecule has 3 rings (SSSR count). The summed E-state index contributed by atoms with van der Waals surface area (Å²) in [5.74, 6) is -3.58.